The summed E-state index contributed by atoms with van der Waals surface area (Å²) < 4.78 is 6.08. The van der Waals surface area contributed by atoms with Gasteiger partial charge in [-0.25, -0.2) is 4.98 Å². The van der Waals surface area contributed by atoms with Crippen LogP contribution in [0.15, 0.2) is 48.6 Å². The largest absolute Gasteiger partial charge is 0.504 e. The molecule has 0 radical (unpaired) electrons. The minimum atomic E-state index is 0.101. The molecule has 0 aliphatic rings. The molecule has 0 aliphatic carbocycles. The van der Waals surface area contributed by atoms with E-state index in [9.17, 15) is 5.11 Å². The lowest BCUT2D eigenvalue weighted by Crippen LogP contribution is -1.82. The molecule has 0 fully saturated rings. The Labute approximate surface area is 138 Å². The molecule has 0 saturated carbocycles. The molecule has 0 unspecified atom stereocenters. The molecule has 116 valence electrons. The summed E-state index contributed by atoms with van der Waals surface area (Å²) in [5.41, 5.74) is 8.25. The smallest absolute Gasteiger partial charge is 0.162 e. The summed E-state index contributed by atoms with van der Waals surface area (Å²) in [5.74, 6) is 0.559. The molecule has 1 aromatic heterocycles. The second-order valence-corrected chi connectivity index (χ2v) is 5.99. The number of nitrogen functional groups attached to an aromatic ring is 1. The molecule has 0 spiro atoms. The number of phenolic OH excluding ortho intramolecular Hbond substituents is 1. The minimum absolute atomic E-state index is 0.101. The topological polar surface area (TPSA) is 68.4 Å². The van der Waals surface area contributed by atoms with Gasteiger partial charge in [-0.05, 0) is 23.8 Å². The molecule has 4 nitrogen and oxygen atoms in total. The van der Waals surface area contributed by atoms with Crippen LogP contribution in [0, 0.1) is 0 Å². The Kier molecular flexibility index (Phi) is 4.30. The van der Waals surface area contributed by atoms with E-state index < -0.39 is 0 Å². The van der Waals surface area contributed by atoms with Gasteiger partial charge in [-0.15, -0.1) is 11.3 Å². The fraction of sp³-hybridized carbons (Fsp3) is 0.0556. The lowest BCUT2D eigenvalue weighted by Gasteiger charge is -2.01. The van der Waals surface area contributed by atoms with E-state index in [0.717, 1.165) is 26.5 Å². The fourth-order valence-corrected chi connectivity index (χ4v) is 3.00. The summed E-state index contributed by atoms with van der Waals surface area (Å²) >= 11 is 1.54. The summed E-state index contributed by atoms with van der Waals surface area (Å²) in [6.45, 7) is 0. The standard InChI is InChI=1S/C18H16N2O2S/c1-22-16-11-17-14(10-15(16)21)20-18(23-17)5-3-2-4-12-6-8-13(19)9-7-12/h2-11,21H,19H2,1H3/b4-2+,5-3+/i1-1. The normalized spacial score (nSPS) is 11.7. The molecule has 2 aromatic carbocycles. The quantitative estimate of drug-likeness (QED) is 0.554. The molecule has 23 heavy (non-hydrogen) atoms. The van der Waals surface area contributed by atoms with Crippen molar-refractivity contribution in [3.63, 3.8) is 0 Å². The zero-order valence-electron chi connectivity index (χ0n) is 12.6. The first-order valence-electron chi connectivity index (χ1n) is 7.03. The maximum absolute atomic E-state index is 9.78. The number of rotatable bonds is 4. The Bertz CT molecular complexity index is 880. The summed E-state index contributed by atoms with van der Waals surface area (Å²) in [4.78, 5) is 4.47. The molecular weight excluding hydrogens is 307 g/mol. The maximum atomic E-state index is 9.78. The summed E-state index contributed by atoms with van der Waals surface area (Å²) in [7, 11) is 1.53. The third-order valence-corrected chi connectivity index (χ3v) is 4.26. The van der Waals surface area contributed by atoms with Crippen molar-refractivity contribution in [1.82, 2.24) is 4.98 Å². The fourth-order valence-electron chi connectivity index (χ4n) is 2.11. The van der Waals surface area contributed by atoms with Crippen LogP contribution in [0.1, 0.15) is 10.6 Å². The number of allylic oxidation sites excluding steroid dienone is 2. The highest BCUT2D eigenvalue weighted by atomic mass is 32.1. The number of benzene rings is 2. The first kappa shape index (κ1) is 15.1. The Morgan fingerprint density at radius 3 is 2.61 bits per heavy atom. The van der Waals surface area contributed by atoms with E-state index in [0.29, 0.717) is 5.75 Å². The number of aromatic nitrogens is 1. The van der Waals surface area contributed by atoms with Gasteiger partial charge >= 0.3 is 0 Å². The minimum Gasteiger partial charge on any atom is -0.504 e. The second kappa shape index (κ2) is 6.54. The van der Waals surface area contributed by atoms with Gasteiger partial charge in [0.25, 0.3) is 0 Å². The highest BCUT2D eigenvalue weighted by Gasteiger charge is 2.07. The van der Waals surface area contributed by atoms with Crippen molar-refractivity contribution in [3.8, 4) is 11.5 Å². The summed E-state index contributed by atoms with van der Waals surface area (Å²) in [5, 5.41) is 10.6. The van der Waals surface area contributed by atoms with E-state index in [1.807, 2.05) is 48.6 Å². The van der Waals surface area contributed by atoms with Crippen LogP contribution in [0.2, 0.25) is 0 Å². The van der Waals surface area contributed by atoms with Crippen LogP contribution in [0.3, 0.4) is 0 Å². The number of nitrogens with zero attached hydrogens (tertiary/aromatic N) is 1. The van der Waals surface area contributed by atoms with Gasteiger partial charge in [-0.3, -0.25) is 0 Å². The van der Waals surface area contributed by atoms with Gasteiger partial charge in [0.2, 0.25) is 0 Å². The van der Waals surface area contributed by atoms with E-state index in [4.69, 9.17) is 10.5 Å². The number of aromatic hydroxyl groups is 1. The molecule has 3 N–H and O–H groups in total. The van der Waals surface area contributed by atoms with E-state index in [2.05, 4.69) is 4.98 Å². The number of ether oxygens (including phenoxy) is 1. The lowest BCUT2D eigenvalue weighted by atomic mass is 10.2. The monoisotopic (exact) mass is 323 g/mol. The van der Waals surface area contributed by atoms with Crippen LogP contribution in [0.5, 0.6) is 11.5 Å². The van der Waals surface area contributed by atoms with Gasteiger partial charge in [0.05, 0.1) is 17.3 Å². The SMILES string of the molecule is [11CH3]Oc1cc2sc(/C=C/C=C/c3ccc(N)cc3)nc2cc1O. The first-order valence-corrected chi connectivity index (χ1v) is 7.85. The van der Waals surface area contributed by atoms with Gasteiger partial charge in [-0.2, -0.15) is 0 Å². The van der Waals surface area contributed by atoms with E-state index in [-0.39, 0.29) is 5.75 Å². The number of fused-ring (bicyclic) bond motifs is 1. The van der Waals surface area contributed by atoms with Crippen LogP contribution in [0.25, 0.3) is 22.4 Å². The molecule has 0 aliphatic heterocycles. The van der Waals surface area contributed by atoms with Crippen molar-refractivity contribution in [2.45, 2.75) is 0 Å². The predicted molar refractivity (Wildman–Crippen MR) is 96.8 cm³/mol. The number of nitrogens with two attached hydrogens (primary N) is 1. The number of anilines is 1. The Morgan fingerprint density at radius 1 is 1.13 bits per heavy atom. The molecule has 5 heteroatoms. The number of methoxy groups -OCH3 is 1. The van der Waals surface area contributed by atoms with Gasteiger partial charge < -0.3 is 15.6 Å². The molecule has 1 heterocycles. The van der Waals surface area contributed by atoms with Gasteiger partial charge in [0, 0.05) is 17.8 Å². The molecule has 0 atom stereocenters. The van der Waals surface area contributed by atoms with Gasteiger partial charge in [0.15, 0.2) is 11.5 Å². The molecular formula is C18H16N2O2S. The maximum Gasteiger partial charge on any atom is 0.162 e. The van der Waals surface area contributed by atoms with Crippen LogP contribution >= 0.6 is 11.3 Å². The molecule has 0 bridgehead atoms. The van der Waals surface area contributed by atoms with E-state index in [1.165, 1.54) is 7.11 Å². The van der Waals surface area contributed by atoms with Crippen molar-refractivity contribution in [2.75, 3.05) is 12.8 Å². The van der Waals surface area contributed by atoms with Crippen molar-refractivity contribution in [1.29, 1.82) is 0 Å². The summed E-state index contributed by atoms with van der Waals surface area (Å²) in [6, 6.07) is 11.1. The Balaban J connectivity index is 1.77. The van der Waals surface area contributed by atoms with Crippen LogP contribution in [-0.2, 0) is 0 Å². The van der Waals surface area contributed by atoms with Crippen LogP contribution in [-0.4, -0.2) is 17.2 Å². The Hall–Kier alpha value is -2.79. The predicted octanol–water partition coefficient (Wildman–Crippen LogP) is 4.32. The number of thiazole rings is 1. The molecule has 0 saturated heterocycles. The first-order chi connectivity index (χ1) is 11.2. The third-order valence-electron chi connectivity index (χ3n) is 3.28. The van der Waals surface area contributed by atoms with Crippen molar-refractivity contribution >= 4 is 39.4 Å². The summed E-state index contributed by atoms with van der Waals surface area (Å²) in [6.07, 6.45) is 7.82. The average molecular weight is 323 g/mol. The second-order valence-electron chi connectivity index (χ2n) is 4.93. The van der Waals surface area contributed by atoms with Gasteiger partial charge in [0.1, 0.15) is 5.01 Å². The van der Waals surface area contributed by atoms with Crippen molar-refractivity contribution < 1.29 is 9.84 Å². The number of phenols is 1. The highest BCUT2D eigenvalue weighted by molar-refractivity contribution is 7.19. The lowest BCUT2D eigenvalue weighted by molar-refractivity contribution is 0.374. The third kappa shape index (κ3) is 3.52. The zero-order valence-corrected chi connectivity index (χ0v) is 13.4. The number of hydrogen-bond acceptors (Lipinski definition) is 5. The average Bonchev–Trinajstić information content (AvgIpc) is 2.94. The molecule has 3 aromatic rings. The van der Waals surface area contributed by atoms with E-state index >= 15 is 0 Å². The van der Waals surface area contributed by atoms with Crippen molar-refractivity contribution in [2.24, 2.45) is 0 Å². The van der Waals surface area contributed by atoms with Crippen LogP contribution in [0.4, 0.5) is 5.69 Å². The molecule has 3 rings (SSSR count). The van der Waals surface area contributed by atoms with Crippen LogP contribution < -0.4 is 10.5 Å². The highest BCUT2D eigenvalue weighted by Crippen LogP contribution is 2.34. The van der Waals surface area contributed by atoms with Crippen molar-refractivity contribution in [3.05, 3.63) is 59.1 Å². The van der Waals surface area contributed by atoms with E-state index in [1.54, 1.807) is 23.5 Å². The molecule has 0 amide bonds. The number of hydrogen-bond donors (Lipinski definition) is 2. The zero-order chi connectivity index (χ0) is 16.2. The van der Waals surface area contributed by atoms with Gasteiger partial charge in [-0.1, -0.05) is 30.4 Å². The Morgan fingerprint density at radius 2 is 1.87 bits per heavy atom.